The highest BCUT2D eigenvalue weighted by atomic mass is 15.1. The first kappa shape index (κ1) is 14.3. The molecule has 0 bridgehead atoms. The number of hydrogen-bond acceptors (Lipinski definition) is 2. The Bertz CT molecular complexity index is 253. The molecule has 106 valence electrons. The Hall–Kier alpha value is -0.0800. The zero-order valence-corrected chi connectivity index (χ0v) is 12.6. The topological polar surface area (TPSA) is 29.3 Å². The van der Waals surface area contributed by atoms with Crippen molar-refractivity contribution in [3.05, 3.63) is 0 Å². The van der Waals surface area contributed by atoms with Crippen molar-refractivity contribution in [3.8, 4) is 0 Å². The standard InChI is InChI=1S/C16H32N2/c1-12-8-9-15(17)14(10-12)11-18(3)16-7-5-4-6-13(16)2/h12-16H,4-11,17H2,1-3H3. The summed E-state index contributed by atoms with van der Waals surface area (Å²) in [4.78, 5) is 2.63. The molecule has 2 fully saturated rings. The molecule has 0 spiro atoms. The predicted octanol–water partition coefficient (Wildman–Crippen LogP) is 3.26. The van der Waals surface area contributed by atoms with Gasteiger partial charge in [-0.25, -0.2) is 0 Å². The van der Waals surface area contributed by atoms with Gasteiger partial charge < -0.3 is 10.6 Å². The summed E-state index contributed by atoms with van der Waals surface area (Å²) < 4.78 is 0. The first-order valence-corrected chi connectivity index (χ1v) is 8.03. The van der Waals surface area contributed by atoms with Gasteiger partial charge in [-0.2, -0.15) is 0 Å². The maximum Gasteiger partial charge on any atom is 0.0118 e. The van der Waals surface area contributed by atoms with Gasteiger partial charge in [-0.05, 0) is 56.9 Å². The van der Waals surface area contributed by atoms with E-state index in [-0.39, 0.29) is 0 Å². The van der Waals surface area contributed by atoms with Crippen LogP contribution in [0.3, 0.4) is 0 Å². The minimum Gasteiger partial charge on any atom is -0.327 e. The van der Waals surface area contributed by atoms with Crippen LogP contribution in [0.2, 0.25) is 0 Å². The second-order valence-electron chi connectivity index (χ2n) is 7.11. The lowest BCUT2D eigenvalue weighted by Gasteiger charge is -2.41. The molecule has 5 atom stereocenters. The van der Waals surface area contributed by atoms with E-state index in [1.807, 2.05) is 0 Å². The first-order chi connectivity index (χ1) is 8.58. The van der Waals surface area contributed by atoms with Gasteiger partial charge in [-0.3, -0.25) is 0 Å². The van der Waals surface area contributed by atoms with Gasteiger partial charge in [0.15, 0.2) is 0 Å². The van der Waals surface area contributed by atoms with E-state index in [4.69, 9.17) is 5.73 Å². The highest BCUT2D eigenvalue weighted by molar-refractivity contribution is 4.86. The molecule has 18 heavy (non-hydrogen) atoms. The van der Waals surface area contributed by atoms with Gasteiger partial charge in [0.05, 0.1) is 0 Å². The minimum absolute atomic E-state index is 0.447. The van der Waals surface area contributed by atoms with Crippen LogP contribution in [0.5, 0.6) is 0 Å². The Kier molecular flexibility index (Phi) is 5.08. The molecule has 0 amide bonds. The highest BCUT2D eigenvalue weighted by Crippen LogP contribution is 2.32. The molecule has 2 saturated carbocycles. The zero-order valence-electron chi connectivity index (χ0n) is 12.6. The Labute approximate surface area is 113 Å². The van der Waals surface area contributed by atoms with Crippen molar-refractivity contribution in [1.29, 1.82) is 0 Å². The third kappa shape index (κ3) is 3.48. The predicted molar refractivity (Wildman–Crippen MR) is 78.5 cm³/mol. The zero-order chi connectivity index (χ0) is 13.1. The van der Waals surface area contributed by atoms with Crippen molar-refractivity contribution in [2.24, 2.45) is 23.5 Å². The van der Waals surface area contributed by atoms with E-state index in [0.717, 1.165) is 23.8 Å². The fourth-order valence-electron chi connectivity index (χ4n) is 4.19. The molecular formula is C16H32N2. The van der Waals surface area contributed by atoms with Crippen molar-refractivity contribution in [2.45, 2.75) is 70.9 Å². The molecule has 0 heterocycles. The third-order valence-corrected chi connectivity index (χ3v) is 5.46. The molecule has 2 heteroatoms. The lowest BCUT2D eigenvalue weighted by Crippen LogP contribution is -2.47. The van der Waals surface area contributed by atoms with E-state index in [9.17, 15) is 0 Å². The lowest BCUT2D eigenvalue weighted by molar-refractivity contribution is 0.0977. The summed E-state index contributed by atoms with van der Waals surface area (Å²) in [6, 6.07) is 1.26. The SMILES string of the molecule is CC1CCC(N)C(CN(C)C2CCCCC2C)C1. The number of rotatable bonds is 3. The van der Waals surface area contributed by atoms with Crippen molar-refractivity contribution in [1.82, 2.24) is 4.90 Å². The van der Waals surface area contributed by atoms with Gasteiger partial charge in [-0.1, -0.05) is 26.7 Å². The molecule has 2 aliphatic carbocycles. The van der Waals surface area contributed by atoms with Crippen molar-refractivity contribution >= 4 is 0 Å². The molecule has 2 aliphatic rings. The van der Waals surface area contributed by atoms with Crippen LogP contribution < -0.4 is 5.73 Å². The molecule has 0 aromatic heterocycles. The summed E-state index contributed by atoms with van der Waals surface area (Å²) in [6.07, 6.45) is 9.59. The average Bonchev–Trinajstić information content (AvgIpc) is 2.34. The van der Waals surface area contributed by atoms with Gasteiger partial charge >= 0.3 is 0 Å². The Morgan fingerprint density at radius 3 is 2.50 bits per heavy atom. The van der Waals surface area contributed by atoms with Crippen LogP contribution in [-0.4, -0.2) is 30.6 Å². The van der Waals surface area contributed by atoms with Crippen LogP contribution in [0.4, 0.5) is 0 Å². The van der Waals surface area contributed by atoms with E-state index in [0.29, 0.717) is 6.04 Å². The number of nitrogens with zero attached hydrogens (tertiary/aromatic N) is 1. The molecular weight excluding hydrogens is 220 g/mol. The lowest BCUT2D eigenvalue weighted by atomic mass is 9.78. The van der Waals surface area contributed by atoms with Crippen molar-refractivity contribution in [2.75, 3.05) is 13.6 Å². The van der Waals surface area contributed by atoms with E-state index in [2.05, 4.69) is 25.8 Å². The summed E-state index contributed by atoms with van der Waals surface area (Å²) in [6.45, 7) is 6.05. The molecule has 0 aliphatic heterocycles. The van der Waals surface area contributed by atoms with Gasteiger partial charge in [0.1, 0.15) is 0 Å². The highest BCUT2D eigenvalue weighted by Gasteiger charge is 2.30. The maximum absolute atomic E-state index is 6.33. The largest absolute Gasteiger partial charge is 0.327 e. The van der Waals surface area contributed by atoms with Gasteiger partial charge in [0, 0.05) is 18.6 Å². The number of nitrogens with two attached hydrogens (primary N) is 1. The molecule has 0 radical (unpaired) electrons. The molecule has 5 unspecified atom stereocenters. The van der Waals surface area contributed by atoms with Crippen molar-refractivity contribution < 1.29 is 0 Å². The average molecular weight is 252 g/mol. The van der Waals surface area contributed by atoms with Crippen LogP contribution in [0.25, 0.3) is 0 Å². The van der Waals surface area contributed by atoms with E-state index in [1.54, 1.807) is 0 Å². The first-order valence-electron chi connectivity index (χ1n) is 8.03. The molecule has 2 nitrogen and oxygen atoms in total. The molecule has 2 rings (SSSR count). The summed E-state index contributed by atoms with van der Waals surface area (Å²) >= 11 is 0. The summed E-state index contributed by atoms with van der Waals surface area (Å²) in [5.74, 6) is 2.49. The Morgan fingerprint density at radius 2 is 1.78 bits per heavy atom. The Balaban J connectivity index is 1.87. The van der Waals surface area contributed by atoms with Crippen LogP contribution >= 0.6 is 0 Å². The van der Waals surface area contributed by atoms with Crippen LogP contribution in [0.1, 0.15) is 58.8 Å². The summed E-state index contributed by atoms with van der Waals surface area (Å²) in [5.41, 5.74) is 6.33. The smallest absolute Gasteiger partial charge is 0.0118 e. The monoisotopic (exact) mass is 252 g/mol. The summed E-state index contributed by atoms with van der Waals surface area (Å²) in [5, 5.41) is 0. The van der Waals surface area contributed by atoms with E-state index in [1.165, 1.54) is 51.5 Å². The number of hydrogen-bond donors (Lipinski definition) is 1. The normalized spacial score (nSPS) is 42.2. The summed E-state index contributed by atoms with van der Waals surface area (Å²) in [7, 11) is 2.33. The van der Waals surface area contributed by atoms with Gasteiger partial charge in [0.25, 0.3) is 0 Å². The fourth-order valence-corrected chi connectivity index (χ4v) is 4.19. The molecule has 0 aromatic rings. The Morgan fingerprint density at radius 1 is 1.06 bits per heavy atom. The van der Waals surface area contributed by atoms with E-state index >= 15 is 0 Å². The van der Waals surface area contributed by atoms with Gasteiger partial charge in [0.2, 0.25) is 0 Å². The third-order valence-electron chi connectivity index (χ3n) is 5.46. The minimum atomic E-state index is 0.447. The van der Waals surface area contributed by atoms with Crippen molar-refractivity contribution in [3.63, 3.8) is 0 Å². The van der Waals surface area contributed by atoms with Crippen LogP contribution in [0.15, 0.2) is 0 Å². The maximum atomic E-state index is 6.33. The van der Waals surface area contributed by atoms with Crippen LogP contribution in [0, 0.1) is 17.8 Å². The quantitative estimate of drug-likeness (QED) is 0.835. The second kappa shape index (κ2) is 6.38. The second-order valence-corrected chi connectivity index (χ2v) is 7.11. The van der Waals surface area contributed by atoms with Crippen LogP contribution in [-0.2, 0) is 0 Å². The molecule has 0 aromatic carbocycles. The molecule has 2 N–H and O–H groups in total. The van der Waals surface area contributed by atoms with E-state index < -0.39 is 0 Å². The fraction of sp³-hybridized carbons (Fsp3) is 1.00. The molecule has 0 saturated heterocycles. The van der Waals surface area contributed by atoms with Gasteiger partial charge in [-0.15, -0.1) is 0 Å².